The van der Waals surface area contributed by atoms with Crippen molar-refractivity contribution in [2.24, 2.45) is 0 Å². The first-order chi connectivity index (χ1) is 13.8. The number of hydrazine groups is 1. The molecule has 3 N–H and O–H groups in total. The lowest BCUT2D eigenvalue weighted by Gasteiger charge is -2.11. The van der Waals surface area contributed by atoms with E-state index in [1.54, 1.807) is 18.2 Å². The highest BCUT2D eigenvalue weighted by molar-refractivity contribution is 9.10. The van der Waals surface area contributed by atoms with Crippen LogP contribution in [0.4, 0.5) is 5.69 Å². The van der Waals surface area contributed by atoms with Gasteiger partial charge < -0.3 is 10.1 Å². The van der Waals surface area contributed by atoms with Gasteiger partial charge in [0.2, 0.25) is 5.91 Å². The summed E-state index contributed by atoms with van der Waals surface area (Å²) < 4.78 is 5.85. The molecule has 154 valence electrons. The smallest absolute Gasteiger partial charge is 0.276 e. The molecule has 0 spiro atoms. The molecule has 2 rings (SSSR count). The van der Waals surface area contributed by atoms with Crippen molar-refractivity contribution in [1.29, 1.82) is 0 Å². The van der Waals surface area contributed by atoms with Crippen molar-refractivity contribution in [3.8, 4) is 5.75 Å². The summed E-state index contributed by atoms with van der Waals surface area (Å²) in [5.74, 6) is -0.933. The van der Waals surface area contributed by atoms with Gasteiger partial charge >= 0.3 is 0 Å². The fourth-order valence-electron chi connectivity index (χ4n) is 2.19. The van der Waals surface area contributed by atoms with E-state index in [0.717, 1.165) is 6.42 Å². The zero-order valence-electron chi connectivity index (χ0n) is 15.4. The quantitative estimate of drug-likeness (QED) is 0.491. The second-order valence-corrected chi connectivity index (χ2v) is 7.56. The lowest BCUT2D eigenvalue weighted by Crippen LogP contribution is -2.43. The Hall–Kier alpha value is -2.29. The molecule has 0 unspecified atom stereocenters. The van der Waals surface area contributed by atoms with Gasteiger partial charge in [-0.2, -0.15) is 0 Å². The van der Waals surface area contributed by atoms with E-state index in [0.29, 0.717) is 27.2 Å². The van der Waals surface area contributed by atoms with Crippen LogP contribution in [0.3, 0.4) is 0 Å². The number of benzene rings is 2. The minimum absolute atomic E-state index is 0.0932. The van der Waals surface area contributed by atoms with Crippen LogP contribution in [-0.4, -0.2) is 24.3 Å². The van der Waals surface area contributed by atoms with Gasteiger partial charge in [-0.15, -0.1) is 0 Å². The maximum absolute atomic E-state index is 12.1. The van der Waals surface area contributed by atoms with E-state index in [4.69, 9.17) is 27.9 Å². The summed E-state index contributed by atoms with van der Waals surface area (Å²) in [6.45, 7) is 1.54. The number of nitrogens with one attached hydrogen (secondary N) is 3. The Bertz CT molecular complexity index is 884. The third-order valence-electron chi connectivity index (χ3n) is 3.53. The van der Waals surface area contributed by atoms with Crippen molar-refractivity contribution in [3.63, 3.8) is 0 Å². The van der Waals surface area contributed by atoms with Gasteiger partial charge in [-0.25, -0.2) is 0 Å². The molecule has 2 aromatic rings. The molecule has 0 aromatic heterocycles. The van der Waals surface area contributed by atoms with Crippen molar-refractivity contribution in [2.45, 2.75) is 19.8 Å². The van der Waals surface area contributed by atoms with Gasteiger partial charge in [0.15, 0.2) is 12.4 Å². The van der Waals surface area contributed by atoms with E-state index in [2.05, 4.69) is 32.1 Å². The molecule has 10 heteroatoms. The number of carbonyl (C=O) groups is 3. The van der Waals surface area contributed by atoms with Crippen LogP contribution in [0.2, 0.25) is 10.0 Å². The van der Waals surface area contributed by atoms with Crippen molar-refractivity contribution in [3.05, 3.63) is 56.5 Å². The van der Waals surface area contributed by atoms with Crippen LogP contribution in [0.15, 0.2) is 40.9 Å². The predicted molar refractivity (Wildman–Crippen MR) is 115 cm³/mol. The second kappa shape index (κ2) is 11.0. The highest BCUT2D eigenvalue weighted by Gasteiger charge is 2.12. The third kappa shape index (κ3) is 7.23. The highest BCUT2D eigenvalue weighted by atomic mass is 79.9. The summed E-state index contributed by atoms with van der Waals surface area (Å²) in [5, 5.41) is 3.39. The molecule has 0 fully saturated rings. The zero-order chi connectivity index (χ0) is 21.4. The van der Waals surface area contributed by atoms with E-state index >= 15 is 0 Å². The minimum Gasteiger partial charge on any atom is -0.481 e. The minimum atomic E-state index is -0.584. The van der Waals surface area contributed by atoms with Crippen molar-refractivity contribution < 1.29 is 19.1 Å². The van der Waals surface area contributed by atoms with Crippen LogP contribution in [0, 0.1) is 0 Å². The van der Waals surface area contributed by atoms with Gasteiger partial charge in [-0.3, -0.25) is 25.2 Å². The Labute approximate surface area is 186 Å². The fraction of sp³-hybridized carbons (Fsp3) is 0.211. The van der Waals surface area contributed by atoms with Gasteiger partial charge in [0, 0.05) is 22.7 Å². The molecule has 0 aliphatic heterocycles. The van der Waals surface area contributed by atoms with Crippen molar-refractivity contribution in [1.82, 2.24) is 10.9 Å². The van der Waals surface area contributed by atoms with Gasteiger partial charge in [-0.05, 0) is 58.7 Å². The largest absolute Gasteiger partial charge is 0.481 e. The Kier molecular flexibility index (Phi) is 8.75. The average molecular weight is 503 g/mol. The number of hydrogen-bond donors (Lipinski definition) is 3. The maximum Gasteiger partial charge on any atom is 0.276 e. The summed E-state index contributed by atoms with van der Waals surface area (Å²) in [6.07, 6.45) is 1.17. The van der Waals surface area contributed by atoms with E-state index < -0.39 is 11.8 Å². The molecule has 0 saturated carbocycles. The van der Waals surface area contributed by atoms with Gasteiger partial charge in [-0.1, -0.05) is 30.1 Å². The van der Waals surface area contributed by atoms with Gasteiger partial charge in [0.05, 0.1) is 9.50 Å². The molecule has 0 aliphatic carbocycles. The first-order valence-electron chi connectivity index (χ1n) is 8.56. The molecular formula is C19H18BrCl2N3O4. The molecular weight excluding hydrogens is 485 g/mol. The van der Waals surface area contributed by atoms with Gasteiger partial charge in [0.1, 0.15) is 0 Å². The summed E-state index contributed by atoms with van der Waals surface area (Å²) in [7, 11) is 0. The second-order valence-electron chi connectivity index (χ2n) is 5.87. The van der Waals surface area contributed by atoms with E-state index in [1.165, 1.54) is 18.2 Å². The Balaban J connectivity index is 1.82. The number of ether oxygens (including phenoxy) is 1. The number of amides is 3. The standard InChI is InChI=1S/C19H18BrCl2N3O4/c1-2-3-16(26)23-13-6-4-11(5-7-13)19(28)25-24-17(27)10-29-18-14(20)8-12(21)9-15(18)22/h4-9H,2-3,10H2,1H3,(H,23,26)(H,24,27)(H,25,28). The molecule has 29 heavy (non-hydrogen) atoms. The van der Waals surface area contributed by atoms with Crippen LogP contribution in [0.1, 0.15) is 30.1 Å². The summed E-state index contributed by atoms with van der Waals surface area (Å²) >= 11 is 15.1. The topological polar surface area (TPSA) is 96.5 Å². The molecule has 3 amide bonds. The van der Waals surface area contributed by atoms with Crippen LogP contribution in [0.5, 0.6) is 5.75 Å². The van der Waals surface area contributed by atoms with Crippen LogP contribution >= 0.6 is 39.1 Å². The third-order valence-corrected chi connectivity index (χ3v) is 4.62. The van der Waals surface area contributed by atoms with Crippen molar-refractivity contribution >= 4 is 62.5 Å². The number of halogens is 3. The van der Waals surface area contributed by atoms with Crippen LogP contribution in [0.25, 0.3) is 0 Å². The normalized spacial score (nSPS) is 10.2. The fourth-order valence-corrected chi connectivity index (χ4v) is 3.56. The molecule has 0 saturated heterocycles. The zero-order valence-corrected chi connectivity index (χ0v) is 18.5. The Morgan fingerprint density at radius 1 is 1.03 bits per heavy atom. The first-order valence-corrected chi connectivity index (χ1v) is 10.1. The molecule has 0 radical (unpaired) electrons. The molecule has 7 nitrogen and oxygen atoms in total. The first kappa shape index (κ1) is 23.0. The SMILES string of the molecule is CCCC(=O)Nc1ccc(C(=O)NNC(=O)COc2c(Cl)cc(Cl)cc2Br)cc1. The lowest BCUT2D eigenvalue weighted by atomic mass is 10.2. The van der Waals surface area contributed by atoms with Crippen LogP contribution in [-0.2, 0) is 9.59 Å². The van der Waals surface area contributed by atoms with E-state index in [1.807, 2.05) is 6.92 Å². The predicted octanol–water partition coefficient (Wildman–Crippen LogP) is 4.33. The average Bonchev–Trinajstić information content (AvgIpc) is 2.66. The van der Waals surface area contributed by atoms with E-state index in [-0.39, 0.29) is 23.3 Å². The number of carbonyl (C=O) groups excluding carboxylic acids is 3. The van der Waals surface area contributed by atoms with Gasteiger partial charge in [0.25, 0.3) is 11.8 Å². The molecule has 0 heterocycles. The highest BCUT2D eigenvalue weighted by Crippen LogP contribution is 2.35. The maximum atomic E-state index is 12.1. The summed E-state index contributed by atoms with van der Waals surface area (Å²) in [4.78, 5) is 35.6. The molecule has 0 aliphatic rings. The Morgan fingerprint density at radius 3 is 2.34 bits per heavy atom. The summed E-state index contributed by atoms with van der Waals surface area (Å²) in [5.41, 5.74) is 5.42. The summed E-state index contributed by atoms with van der Waals surface area (Å²) in [6, 6.07) is 9.34. The number of anilines is 1. The molecule has 0 atom stereocenters. The number of hydrogen-bond acceptors (Lipinski definition) is 4. The molecule has 0 bridgehead atoms. The van der Waals surface area contributed by atoms with E-state index in [9.17, 15) is 14.4 Å². The molecule has 2 aromatic carbocycles. The van der Waals surface area contributed by atoms with Crippen molar-refractivity contribution in [2.75, 3.05) is 11.9 Å². The lowest BCUT2D eigenvalue weighted by molar-refractivity contribution is -0.123. The number of rotatable bonds is 7. The monoisotopic (exact) mass is 501 g/mol. The Morgan fingerprint density at radius 2 is 1.72 bits per heavy atom. The van der Waals surface area contributed by atoms with Crippen LogP contribution < -0.4 is 20.9 Å².